The lowest BCUT2D eigenvalue weighted by atomic mass is 9.78. The van der Waals surface area contributed by atoms with Gasteiger partial charge in [-0.1, -0.05) is 36.0 Å². The molecule has 1 atom stereocenters. The molecule has 2 aliphatic rings. The first-order valence-corrected chi connectivity index (χ1v) is 6.41. The zero-order chi connectivity index (χ0) is 10.1. The van der Waals surface area contributed by atoms with Crippen molar-refractivity contribution in [3.63, 3.8) is 0 Å². The number of hydrogen-bond donors (Lipinski definition) is 1. The maximum absolute atomic E-state index is 4.39. The maximum atomic E-state index is 4.39. The molecule has 0 saturated carbocycles. The van der Waals surface area contributed by atoms with Crippen LogP contribution >= 0.6 is 11.8 Å². The highest BCUT2D eigenvalue weighted by atomic mass is 32.2. The summed E-state index contributed by atoms with van der Waals surface area (Å²) in [6, 6.07) is 8.73. The molecule has 1 aromatic carbocycles. The Morgan fingerprint density at radius 1 is 1.40 bits per heavy atom. The van der Waals surface area contributed by atoms with Gasteiger partial charge >= 0.3 is 0 Å². The van der Waals surface area contributed by atoms with Crippen LogP contribution in [-0.2, 0) is 6.42 Å². The van der Waals surface area contributed by atoms with Crippen LogP contribution in [0, 0.1) is 0 Å². The topological polar surface area (TPSA) is 24.4 Å². The molecule has 1 aliphatic heterocycles. The molecule has 0 saturated heterocycles. The molecule has 0 radical (unpaired) electrons. The Kier molecular flexibility index (Phi) is 2.41. The second-order valence-corrected chi connectivity index (χ2v) is 5.10. The number of rotatable bonds is 2. The summed E-state index contributed by atoms with van der Waals surface area (Å²) in [5.74, 6) is 1.84. The van der Waals surface area contributed by atoms with Gasteiger partial charge < -0.3 is 5.32 Å². The number of aliphatic imine (C=N–C) groups is 1. The van der Waals surface area contributed by atoms with E-state index in [4.69, 9.17) is 0 Å². The molecule has 1 aromatic rings. The lowest BCUT2D eigenvalue weighted by molar-refractivity contribution is 0.592. The number of hydrogen-bond acceptors (Lipinski definition) is 3. The van der Waals surface area contributed by atoms with Crippen LogP contribution in [0.1, 0.15) is 17.0 Å². The van der Waals surface area contributed by atoms with Crippen LogP contribution < -0.4 is 5.32 Å². The molecule has 0 amide bonds. The molecule has 1 aliphatic carbocycles. The van der Waals surface area contributed by atoms with E-state index < -0.39 is 0 Å². The van der Waals surface area contributed by atoms with Gasteiger partial charge in [0.25, 0.3) is 0 Å². The van der Waals surface area contributed by atoms with E-state index in [0.717, 1.165) is 24.0 Å². The summed E-state index contributed by atoms with van der Waals surface area (Å²) in [5.41, 5.74) is 3.04. The zero-order valence-corrected chi connectivity index (χ0v) is 9.39. The zero-order valence-electron chi connectivity index (χ0n) is 8.57. The SMILES string of the molecule is c1ccc2c(c1)CC2CNC1=NCCS1. The molecular formula is C12H14N2S. The molecule has 15 heavy (non-hydrogen) atoms. The van der Waals surface area contributed by atoms with Crippen molar-refractivity contribution in [1.82, 2.24) is 5.32 Å². The molecule has 3 rings (SSSR count). The standard InChI is InChI=1S/C12H14N2S/c1-2-4-11-9(3-1)7-10(11)8-14-12-13-5-6-15-12/h1-4,10H,5-8H2,(H,13,14). The Morgan fingerprint density at radius 2 is 2.33 bits per heavy atom. The number of nitrogens with zero attached hydrogens (tertiary/aromatic N) is 1. The Labute approximate surface area is 94.2 Å². The van der Waals surface area contributed by atoms with E-state index in [1.165, 1.54) is 17.5 Å². The highest BCUT2D eigenvalue weighted by Crippen LogP contribution is 2.34. The van der Waals surface area contributed by atoms with Gasteiger partial charge in [0.2, 0.25) is 0 Å². The number of benzene rings is 1. The minimum atomic E-state index is 0.699. The molecule has 1 N–H and O–H groups in total. The van der Waals surface area contributed by atoms with Crippen LogP contribution in [0.15, 0.2) is 29.3 Å². The first kappa shape index (κ1) is 9.28. The van der Waals surface area contributed by atoms with Gasteiger partial charge in [0.05, 0.1) is 6.54 Å². The van der Waals surface area contributed by atoms with E-state index in [-0.39, 0.29) is 0 Å². The van der Waals surface area contributed by atoms with E-state index in [2.05, 4.69) is 34.6 Å². The van der Waals surface area contributed by atoms with E-state index in [1.807, 2.05) is 11.8 Å². The normalized spacial score (nSPS) is 22.9. The quantitative estimate of drug-likeness (QED) is 0.821. The van der Waals surface area contributed by atoms with Gasteiger partial charge in [0.15, 0.2) is 5.17 Å². The molecule has 78 valence electrons. The van der Waals surface area contributed by atoms with Crippen molar-refractivity contribution in [2.75, 3.05) is 18.8 Å². The summed E-state index contributed by atoms with van der Waals surface area (Å²) in [6.07, 6.45) is 1.22. The smallest absolute Gasteiger partial charge is 0.156 e. The second kappa shape index (κ2) is 3.89. The molecule has 2 nitrogen and oxygen atoms in total. The molecule has 0 fully saturated rings. The van der Waals surface area contributed by atoms with Crippen molar-refractivity contribution in [3.05, 3.63) is 35.4 Å². The maximum Gasteiger partial charge on any atom is 0.156 e. The number of thioether (sulfide) groups is 1. The van der Waals surface area contributed by atoms with Crippen molar-refractivity contribution >= 4 is 16.9 Å². The van der Waals surface area contributed by atoms with Crippen molar-refractivity contribution in [2.24, 2.45) is 4.99 Å². The summed E-state index contributed by atoms with van der Waals surface area (Å²) in [5, 5.41) is 4.58. The van der Waals surface area contributed by atoms with E-state index >= 15 is 0 Å². The highest BCUT2D eigenvalue weighted by Gasteiger charge is 2.25. The van der Waals surface area contributed by atoms with Crippen LogP contribution in [0.2, 0.25) is 0 Å². The third-order valence-electron chi connectivity index (χ3n) is 3.05. The van der Waals surface area contributed by atoms with Crippen LogP contribution in [0.25, 0.3) is 0 Å². The Bertz CT molecular complexity index is 400. The fourth-order valence-electron chi connectivity index (χ4n) is 2.20. The van der Waals surface area contributed by atoms with Gasteiger partial charge in [-0.05, 0) is 17.5 Å². The summed E-state index contributed by atoms with van der Waals surface area (Å²) in [4.78, 5) is 4.39. The monoisotopic (exact) mass is 218 g/mol. The predicted octanol–water partition coefficient (Wildman–Crippen LogP) is 2.02. The minimum Gasteiger partial charge on any atom is -0.364 e. The molecule has 0 spiro atoms. The Balaban J connectivity index is 1.59. The molecule has 3 heteroatoms. The van der Waals surface area contributed by atoms with E-state index in [0.29, 0.717) is 5.92 Å². The summed E-state index contributed by atoms with van der Waals surface area (Å²) >= 11 is 1.84. The lowest BCUT2D eigenvalue weighted by Crippen LogP contribution is -2.31. The largest absolute Gasteiger partial charge is 0.364 e. The number of nitrogens with one attached hydrogen (secondary N) is 1. The first-order chi connectivity index (χ1) is 7.43. The molecule has 1 heterocycles. The van der Waals surface area contributed by atoms with Gasteiger partial charge in [-0.15, -0.1) is 0 Å². The molecule has 0 aromatic heterocycles. The fourth-order valence-corrected chi connectivity index (χ4v) is 2.94. The first-order valence-electron chi connectivity index (χ1n) is 5.42. The molecule has 1 unspecified atom stereocenters. The summed E-state index contributed by atoms with van der Waals surface area (Å²) in [6.45, 7) is 2.02. The Hall–Kier alpha value is -0.960. The highest BCUT2D eigenvalue weighted by molar-refractivity contribution is 8.14. The van der Waals surface area contributed by atoms with Crippen LogP contribution in [0.3, 0.4) is 0 Å². The average molecular weight is 218 g/mol. The van der Waals surface area contributed by atoms with Crippen LogP contribution in [-0.4, -0.2) is 24.0 Å². The van der Waals surface area contributed by atoms with Crippen molar-refractivity contribution in [2.45, 2.75) is 12.3 Å². The number of fused-ring (bicyclic) bond motifs is 1. The second-order valence-electron chi connectivity index (χ2n) is 4.02. The third-order valence-corrected chi connectivity index (χ3v) is 3.98. The van der Waals surface area contributed by atoms with E-state index in [1.54, 1.807) is 0 Å². The van der Waals surface area contributed by atoms with Gasteiger partial charge in [-0.25, -0.2) is 0 Å². The molecular weight excluding hydrogens is 204 g/mol. The van der Waals surface area contributed by atoms with Crippen molar-refractivity contribution in [1.29, 1.82) is 0 Å². The summed E-state index contributed by atoms with van der Waals surface area (Å²) in [7, 11) is 0. The minimum absolute atomic E-state index is 0.699. The average Bonchev–Trinajstić information content (AvgIpc) is 2.72. The summed E-state index contributed by atoms with van der Waals surface area (Å²) < 4.78 is 0. The van der Waals surface area contributed by atoms with Gasteiger partial charge in [-0.3, -0.25) is 4.99 Å². The number of amidine groups is 1. The van der Waals surface area contributed by atoms with Crippen molar-refractivity contribution in [3.8, 4) is 0 Å². The lowest BCUT2D eigenvalue weighted by Gasteiger charge is -2.30. The van der Waals surface area contributed by atoms with Gasteiger partial charge in [0, 0.05) is 18.2 Å². The third kappa shape index (κ3) is 1.76. The predicted molar refractivity (Wildman–Crippen MR) is 65.6 cm³/mol. The van der Waals surface area contributed by atoms with Crippen LogP contribution in [0.5, 0.6) is 0 Å². The Morgan fingerprint density at radius 3 is 3.13 bits per heavy atom. The van der Waals surface area contributed by atoms with E-state index in [9.17, 15) is 0 Å². The van der Waals surface area contributed by atoms with Gasteiger partial charge in [-0.2, -0.15) is 0 Å². The molecule has 0 bridgehead atoms. The van der Waals surface area contributed by atoms with Crippen LogP contribution in [0.4, 0.5) is 0 Å². The van der Waals surface area contributed by atoms with Gasteiger partial charge in [0.1, 0.15) is 0 Å². The fraction of sp³-hybridized carbons (Fsp3) is 0.417. The van der Waals surface area contributed by atoms with Crippen molar-refractivity contribution < 1.29 is 0 Å².